The summed E-state index contributed by atoms with van der Waals surface area (Å²) in [6.07, 6.45) is 1.05. The highest BCUT2D eigenvalue weighted by Gasteiger charge is 2.60. The molecule has 1 unspecified atom stereocenters. The maximum Gasteiger partial charge on any atom is 0.259 e. The van der Waals surface area contributed by atoms with E-state index in [0.717, 1.165) is 0 Å². The van der Waals surface area contributed by atoms with Crippen molar-refractivity contribution < 1.29 is 13.2 Å². The molecule has 2 heterocycles. The predicted molar refractivity (Wildman–Crippen MR) is 93.4 cm³/mol. The van der Waals surface area contributed by atoms with Gasteiger partial charge in [-0.1, -0.05) is 11.6 Å². The van der Waals surface area contributed by atoms with Crippen molar-refractivity contribution in [1.29, 1.82) is 0 Å². The molecular weight excluding hydrogens is 388 g/mol. The Bertz CT molecular complexity index is 1030. The fraction of sp³-hybridized carbons (Fsp3) is 0.353. The Labute approximate surface area is 157 Å². The molecule has 0 spiro atoms. The molecule has 2 aromatic heterocycles. The first kappa shape index (κ1) is 17.5. The third-order valence-corrected chi connectivity index (χ3v) is 4.88. The lowest BCUT2D eigenvalue weighted by molar-refractivity contribution is 0.110. The quantitative estimate of drug-likeness (QED) is 0.534. The molecule has 0 N–H and O–H groups in total. The van der Waals surface area contributed by atoms with Crippen LogP contribution in [0, 0.1) is 5.82 Å². The Morgan fingerprint density at radius 2 is 1.92 bits per heavy atom. The number of fused-ring (bicyclic) bond motifs is 1. The molecule has 0 amide bonds. The molecule has 1 aliphatic carbocycles. The number of alkyl halides is 2. The van der Waals surface area contributed by atoms with Crippen molar-refractivity contribution in [1.82, 2.24) is 19.5 Å². The van der Waals surface area contributed by atoms with Crippen LogP contribution >= 0.6 is 23.2 Å². The molecule has 1 aromatic carbocycles. The SMILES string of the molecule is CC(C)n1c(C2CC2(F)F)nc2c(F)cc(-c3nc(Cl)ncc3Cl)cc21. The molecule has 0 radical (unpaired) electrons. The zero-order valence-corrected chi connectivity index (χ0v) is 15.3. The van der Waals surface area contributed by atoms with E-state index in [0.29, 0.717) is 11.1 Å². The molecule has 1 fully saturated rings. The van der Waals surface area contributed by atoms with Gasteiger partial charge in [0.15, 0.2) is 5.82 Å². The Morgan fingerprint density at radius 1 is 1.23 bits per heavy atom. The number of halogens is 5. The molecule has 3 aromatic rings. The summed E-state index contributed by atoms with van der Waals surface area (Å²) in [6.45, 7) is 3.68. The number of aromatic nitrogens is 4. The molecule has 136 valence electrons. The maximum absolute atomic E-state index is 14.7. The standard InChI is InChI=1S/C17H13Cl2F3N4/c1-7(2)26-12-4-8(13-10(18)6-23-16(19)25-13)3-11(20)14(12)24-15(26)9-5-17(9,21)22/h3-4,6-7,9H,5H2,1-2H3. The van der Waals surface area contributed by atoms with Gasteiger partial charge in [0.25, 0.3) is 5.92 Å². The topological polar surface area (TPSA) is 43.6 Å². The van der Waals surface area contributed by atoms with E-state index in [9.17, 15) is 13.2 Å². The van der Waals surface area contributed by atoms with Gasteiger partial charge in [-0.3, -0.25) is 0 Å². The molecule has 1 aliphatic rings. The van der Waals surface area contributed by atoms with Crippen LogP contribution in [-0.2, 0) is 0 Å². The van der Waals surface area contributed by atoms with Gasteiger partial charge in [0.1, 0.15) is 11.3 Å². The molecule has 9 heteroatoms. The van der Waals surface area contributed by atoms with Crippen LogP contribution in [-0.4, -0.2) is 25.4 Å². The number of hydrogen-bond acceptors (Lipinski definition) is 3. The van der Waals surface area contributed by atoms with Gasteiger partial charge in [-0.2, -0.15) is 0 Å². The lowest BCUT2D eigenvalue weighted by Gasteiger charge is -2.13. The molecule has 4 rings (SSSR count). The van der Waals surface area contributed by atoms with Crippen molar-refractivity contribution in [3.05, 3.63) is 40.3 Å². The summed E-state index contributed by atoms with van der Waals surface area (Å²) in [6, 6.07) is 2.69. The van der Waals surface area contributed by atoms with Crippen LogP contribution in [0.15, 0.2) is 18.3 Å². The largest absolute Gasteiger partial charge is 0.325 e. The summed E-state index contributed by atoms with van der Waals surface area (Å²) in [5.41, 5.74) is 1.11. The number of benzene rings is 1. The number of hydrogen-bond donors (Lipinski definition) is 0. The third kappa shape index (κ3) is 2.74. The Balaban J connectivity index is 1.97. The zero-order chi connectivity index (χ0) is 18.8. The van der Waals surface area contributed by atoms with Crippen LogP contribution in [0.4, 0.5) is 13.2 Å². The van der Waals surface area contributed by atoms with Crippen LogP contribution in [0.3, 0.4) is 0 Å². The van der Waals surface area contributed by atoms with Crippen LogP contribution in [0.5, 0.6) is 0 Å². The van der Waals surface area contributed by atoms with E-state index in [1.165, 1.54) is 12.3 Å². The van der Waals surface area contributed by atoms with Crippen LogP contribution < -0.4 is 0 Å². The lowest BCUT2D eigenvalue weighted by atomic mass is 10.1. The Kier molecular flexibility index (Phi) is 3.93. The van der Waals surface area contributed by atoms with Gasteiger partial charge in [0, 0.05) is 18.0 Å². The van der Waals surface area contributed by atoms with Gasteiger partial charge in [0.2, 0.25) is 5.28 Å². The van der Waals surface area contributed by atoms with Crippen LogP contribution in [0.1, 0.15) is 38.1 Å². The van der Waals surface area contributed by atoms with Gasteiger partial charge in [-0.05, 0) is 37.6 Å². The van der Waals surface area contributed by atoms with Gasteiger partial charge in [-0.15, -0.1) is 0 Å². The first-order valence-corrected chi connectivity index (χ1v) is 8.72. The third-order valence-electron chi connectivity index (χ3n) is 4.42. The number of rotatable bonds is 3. The fourth-order valence-electron chi connectivity index (χ4n) is 3.14. The van der Waals surface area contributed by atoms with Crippen molar-refractivity contribution >= 4 is 34.2 Å². The average Bonchev–Trinajstić information content (AvgIpc) is 3.02. The molecular formula is C17H13Cl2F3N4. The molecule has 0 saturated heterocycles. The number of imidazole rings is 1. The first-order valence-electron chi connectivity index (χ1n) is 7.96. The predicted octanol–water partition coefficient (Wildman–Crippen LogP) is 5.64. The Morgan fingerprint density at radius 3 is 2.54 bits per heavy atom. The van der Waals surface area contributed by atoms with Gasteiger partial charge in [-0.25, -0.2) is 28.1 Å². The van der Waals surface area contributed by atoms with E-state index < -0.39 is 17.7 Å². The van der Waals surface area contributed by atoms with Crippen molar-refractivity contribution in [2.45, 2.75) is 38.2 Å². The summed E-state index contributed by atoms with van der Waals surface area (Å²) >= 11 is 11.9. The first-order chi connectivity index (χ1) is 12.2. The van der Waals surface area contributed by atoms with E-state index in [2.05, 4.69) is 15.0 Å². The highest BCUT2D eigenvalue weighted by Crippen LogP contribution is 2.56. The summed E-state index contributed by atoms with van der Waals surface area (Å²) in [7, 11) is 0. The summed E-state index contributed by atoms with van der Waals surface area (Å²) in [5.74, 6) is -4.22. The average molecular weight is 401 g/mol. The minimum Gasteiger partial charge on any atom is -0.325 e. The zero-order valence-electron chi connectivity index (χ0n) is 13.8. The van der Waals surface area contributed by atoms with Crippen LogP contribution in [0.2, 0.25) is 10.3 Å². The van der Waals surface area contributed by atoms with E-state index in [1.54, 1.807) is 10.6 Å². The van der Waals surface area contributed by atoms with Crippen LogP contribution in [0.25, 0.3) is 22.3 Å². The minimum absolute atomic E-state index is 0.0272. The van der Waals surface area contributed by atoms with Gasteiger partial charge >= 0.3 is 0 Å². The molecule has 0 bridgehead atoms. The summed E-state index contributed by atoms with van der Waals surface area (Å²) < 4.78 is 43.6. The van der Waals surface area contributed by atoms with Crippen molar-refractivity contribution in [3.8, 4) is 11.3 Å². The van der Waals surface area contributed by atoms with Crippen molar-refractivity contribution in [2.24, 2.45) is 0 Å². The maximum atomic E-state index is 14.7. The molecule has 1 atom stereocenters. The fourth-order valence-corrected chi connectivity index (χ4v) is 3.47. The normalized spacial score (nSPS) is 18.7. The van der Waals surface area contributed by atoms with E-state index in [1.807, 2.05) is 13.8 Å². The smallest absolute Gasteiger partial charge is 0.259 e. The second kappa shape index (κ2) is 5.82. The second-order valence-electron chi connectivity index (χ2n) is 6.61. The summed E-state index contributed by atoms with van der Waals surface area (Å²) in [4.78, 5) is 12.0. The summed E-state index contributed by atoms with van der Waals surface area (Å²) in [5, 5.41) is 0.179. The monoisotopic (exact) mass is 400 g/mol. The second-order valence-corrected chi connectivity index (χ2v) is 7.36. The van der Waals surface area contributed by atoms with Crippen molar-refractivity contribution in [3.63, 3.8) is 0 Å². The minimum atomic E-state index is -2.79. The lowest BCUT2D eigenvalue weighted by Crippen LogP contribution is -2.08. The van der Waals surface area contributed by atoms with Gasteiger partial charge in [0.05, 0.1) is 28.3 Å². The van der Waals surface area contributed by atoms with E-state index >= 15 is 0 Å². The highest BCUT2D eigenvalue weighted by atomic mass is 35.5. The molecule has 0 aliphatic heterocycles. The van der Waals surface area contributed by atoms with E-state index in [4.69, 9.17) is 23.2 Å². The molecule has 1 saturated carbocycles. The van der Waals surface area contributed by atoms with E-state index in [-0.39, 0.29) is 39.8 Å². The van der Waals surface area contributed by atoms with Crippen molar-refractivity contribution in [2.75, 3.05) is 0 Å². The highest BCUT2D eigenvalue weighted by molar-refractivity contribution is 6.33. The Hall–Kier alpha value is -1.86. The molecule has 26 heavy (non-hydrogen) atoms. The van der Waals surface area contributed by atoms with Gasteiger partial charge < -0.3 is 4.57 Å². The number of nitrogens with zero attached hydrogens (tertiary/aromatic N) is 4. The molecule has 4 nitrogen and oxygen atoms in total.